The fourth-order valence-corrected chi connectivity index (χ4v) is 2.54. The van der Waals surface area contributed by atoms with Crippen LogP contribution in [-0.4, -0.2) is 5.97 Å². The molecule has 0 unspecified atom stereocenters. The highest BCUT2D eigenvalue weighted by molar-refractivity contribution is 5.92. The first-order valence-corrected chi connectivity index (χ1v) is 7.53. The zero-order chi connectivity index (χ0) is 17.3. The number of hydrogen-bond donors (Lipinski definition) is 0. The third-order valence-corrected chi connectivity index (χ3v) is 3.78. The second-order valence-corrected chi connectivity index (χ2v) is 5.46. The van der Waals surface area contributed by atoms with Gasteiger partial charge in [-0.3, -0.25) is 0 Å². The predicted octanol–water partition coefficient (Wildman–Crippen LogP) is 4.02. The highest BCUT2D eigenvalue weighted by Crippen LogP contribution is 2.28. The van der Waals surface area contributed by atoms with Gasteiger partial charge in [0.1, 0.15) is 17.1 Å². The standard InChI is InChI=1S/C19H15FO4/c1-3-12-9-15-11(2)7-18(21)23-17(15)10-16(12)24-19(22)13-5-4-6-14(20)8-13/h4-10H,3H2,1-2H3. The Morgan fingerprint density at radius 1 is 1.21 bits per heavy atom. The molecular weight excluding hydrogens is 311 g/mol. The molecule has 0 radical (unpaired) electrons. The highest BCUT2D eigenvalue weighted by atomic mass is 19.1. The molecule has 0 spiro atoms. The maximum Gasteiger partial charge on any atom is 0.343 e. The minimum atomic E-state index is -0.668. The lowest BCUT2D eigenvalue weighted by Gasteiger charge is -2.11. The van der Waals surface area contributed by atoms with Gasteiger partial charge in [0.25, 0.3) is 0 Å². The van der Waals surface area contributed by atoms with Crippen LogP contribution in [0, 0.1) is 12.7 Å². The van der Waals surface area contributed by atoms with E-state index in [1.165, 1.54) is 30.3 Å². The summed E-state index contributed by atoms with van der Waals surface area (Å²) in [5.41, 5.74) is 1.58. The molecule has 0 bridgehead atoms. The molecule has 1 heterocycles. The summed E-state index contributed by atoms with van der Waals surface area (Å²) in [6.07, 6.45) is 0.625. The number of esters is 1. The van der Waals surface area contributed by atoms with E-state index in [-0.39, 0.29) is 5.56 Å². The van der Waals surface area contributed by atoms with Crippen molar-refractivity contribution in [3.8, 4) is 5.75 Å². The van der Waals surface area contributed by atoms with E-state index in [0.717, 1.165) is 22.6 Å². The summed E-state index contributed by atoms with van der Waals surface area (Å²) in [6.45, 7) is 3.74. The van der Waals surface area contributed by atoms with Gasteiger partial charge in [-0.05, 0) is 48.7 Å². The topological polar surface area (TPSA) is 56.5 Å². The molecule has 1 aromatic heterocycles. The number of halogens is 1. The quantitative estimate of drug-likeness (QED) is 0.414. The molecule has 5 heteroatoms. The molecule has 0 N–H and O–H groups in total. The smallest absolute Gasteiger partial charge is 0.343 e. The van der Waals surface area contributed by atoms with Crippen LogP contribution < -0.4 is 10.4 Å². The number of fused-ring (bicyclic) bond motifs is 1. The van der Waals surface area contributed by atoms with Crippen molar-refractivity contribution >= 4 is 16.9 Å². The van der Waals surface area contributed by atoms with Crippen LogP contribution in [-0.2, 0) is 6.42 Å². The maximum atomic E-state index is 13.3. The van der Waals surface area contributed by atoms with E-state index in [0.29, 0.717) is 17.8 Å². The van der Waals surface area contributed by atoms with Crippen molar-refractivity contribution in [3.63, 3.8) is 0 Å². The molecule has 0 amide bonds. The molecule has 122 valence electrons. The third-order valence-electron chi connectivity index (χ3n) is 3.78. The normalized spacial score (nSPS) is 10.8. The van der Waals surface area contributed by atoms with E-state index in [1.807, 2.05) is 19.9 Å². The van der Waals surface area contributed by atoms with Crippen molar-refractivity contribution in [1.29, 1.82) is 0 Å². The summed E-state index contributed by atoms with van der Waals surface area (Å²) in [7, 11) is 0. The average molecular weight is 326 g/mol. The van der Waals surface area contributed by atoms with Crippen LogP contribution >= 0.6 is 0 Å². The summed E-state index contributed by atoms with van der Waals surface area (Å²) in [5, 5.41) is 0.789. The van der Waals surface area contributed by atoms with Crippen LogP contribution in [0.2, 0.25) is 0 Å². The largest absolute Gasteiger partial charge is 0.423 e. The lowest BCUT2D eigenvalue weighted by atomic mass is 10.1. The molecule has 0 fully saturated rings. The van der Waals surface area contributed by atoms with E-state index in [9.17, 15) is 14.0 Å². The molecule has 2 aromatic carbocycles. The number of rotatable bonds is 3. The van der Waals surface area contributed by atoms with Crippen molar-refractivity contribution in [2.45, 2.75) is 20.3 Å². The van der Waals surface area contributed by atoms with E-state index < -0.39 is 17.4 Å². The first-order valence-electron chi connectivity index (χ1n) is 7.53. The molecule has 0 aliphatic carbocycles. The van der Waals surface area contributed by atoms with E-state index in [2.05, 4.69) is 0 Å². The second-order valence-electron chi connectivity index (χ2n) is 5.46. The summed E-state index contributed by atoms with van der Waals surface area (Å²) in [5.74, 6) is -0.883. The summed E-state index contributed by atoms with van der Waals surface area (Å²) < 4.78 is 23.8. The van der Waals surface area contributed by atoms with Crippen molar-refractivity contribution in [3.05, 3.63) is 75.4 Å². The Hall–Kier alpha value is -2.95. The summed E-state index contributed by atoms with van der Waals surface area (Å²) >= 11 is 0. The number of carbonyl (C=O) groups is 1. The van der Waals surface area contributed by atoms with Crippen LogP contribution in [0.15, 0.2) is 51.7 Å². The number of carbonyl (C=O) groups excluding carboxylic acids is 1. The zero-order valence-electron chi connectivity index (χ0n) is 13.3. The molecule has 3 aromatic rings. The molecular formula is C19H15FO4. The van der Waals surface area contributed by atoms with E-state index in [1.54, 1.807) is 0 Å². The monoisotopic (exact) mass is 326 g/mol. The lowest BCUT2D eigenvalue weighted by molar-refractivity contribution is 0.0733. The van der Waals surface area contributed by atoms with Crippen LogP contribution in [0.5, 0.6) is 5.75 Å². The van der Waals surface area contributed by atoms with Crippen molar-refractivity contribution in [1.82, 2.24) is 0 Å². The third kappa shape index (κ3) is 3.06. The van der Waals surface area contributed by atoms with Crippen LogP contribution in [0.25, 0.3) is 11.0 Å². The van der Waals surface area contributed by atoms with Crippen molar-refractivity contribution in [2.75, 3.05) is 0 Å². The zero-order valence-corrected chi connectivity index (χ0v) is 13.3. The van der Waals surface area contributed by atoms with Gasteiger partial charge >= 0.3 is 11.6 Å². The molecule has 0 saturated heterocycles. The van der Waals surface area contributed by atoms with Gasteiger partial charge in [0.15, 0.2) is 0 Å². The van der Waals surface area contributed by atoms with E-state index >= 15 is 0 Å². The minimum Gasteiger partial charge on any atom is -0.423 e. The number of ether oxygens (including phenoxy) is 1. The van der Waals surface area contributed by atoms with Gasteiger partial charge in [0, 0.05) is 17.5 Å². The predicted molar refractivity (Wildman–Crippen MR) is 88.0 cm³/mol. The summed E-state index contributed by atoms with van der Waals surface area (Å²) in [6, 6.07) is 10.1. The van der Waals surface area contributed by atoms with Gasteiger partial charge in [0.2, 0.25) is 0 Å². The second kappa shape index (κ2) is 6.28. The number of benzene rings is 2. The minimum absolute atomic E-state index is 0.114. The molecule has 24 heavy (non-hydrogen) atoms. The van der Waals surface area contributed by atoms with Gasteiger partial charge in [-0.1, -0.05) is 13.0 Å². The first-order chi connectivity index (χ1) is 11.5. The van der Waals surface area contributed by atoms with Crippen molar-refractivity contribution < 1.29 is 18.3 Å². The summed E-state index contributed by atoms with van der Waals surface area (Å²) in [4.78, 5) is 23.8. The molecule has 3 rings (SSSR count). The average Bonchev–Trinajstić information content (AvgIpc) is 2.54. The van der Waals surface area contributed by atoms with Crippen LogP contribution in [0.4, 0.5) is 4.39 Å². The SMILES string of the molecule is CCc1cc2c(C)cc(=O)oc2cc1OC(=O)c1cccc(F)c1. The molecule has 0 atom stereocenters. The van der Waals surface area contributed by atoms with Gasteiger partial charge in [-0.2, -0.15) is 0 Å². The Kier molecular flexibility index (Phi) is 4.16. The Balaban J connectivity index is 2.05. The Bertz CT molecular complexity index is 988. The van der Waals surface area contributed by atoms with Gasteiger partial charge < -0.3 is 9.15 Å². The first kappa shape index (κ1) is 15.9. The van der Waals surface area contributed by atoms with Gasteiger partial charge in [-0.25, -0.2) is 14.0 Å². The maximum absolute atomic E-state index is 13.3. The molecule has 0 aliphatic rings. The van der Waals surface area contributed by atoms with Gasteiger partial charge in [-0.15, -0.1) is 0 Å². The Morgan fingerprint density at radius 3 is 2.71 bits per heavy atom. The molecule has 4 nitrogen and oxygen atoms in total. The highest BCUT2D eigenvalue weighted by Gasteiger charge is 2.14. The molecule has 0 aliphatic heterocycles. The van der Waals surface area contributed by atoms with Gasteiger partial charge in [0.05, 0.1) is 5.56 Å². The number of aryl methyl sites for hydroxylation is 2. The fraction of sp³-hybridized carbons (Fsp3) is 0.158. The van der Waals surface area contributed by atoms with Crippen LogP contribution in [0.1, 0.15) is 28.4 Å². The van der Waals surface area contributed by atoms with E-state index in [4.69, 9.17) is 9.15 Å². The number of hydrogen-bond acceptors (Lipinski definition) is 4. The van der Waals surface area contributed by atoms with Crippen molar-refractivity contribution in [2.24, 2.45) is 0 Å². The lowest BCUT2D eigenvalue weighted by Crippen LogP contribution is -2.10. The van der Waals surface area contributed by atoms with Crippen LogP contribution in [0.3, 0.4) is 0 Å². The fourth-order valence-electron chi connectivity index (χ4n) is 2.54. The Morgan fingerprint density at radius 2 is 2.00 bits per heavy atom. The molecule has 0 saturated carbocycles. The Labute approximate surface area is 137 Å².